The summed E-state index contributed by atoms with van der Waals surface area (Å²) in [5.74, 6) is 0.699. The number of anilines is 1. The molecule has 0 amide bonds. The molecular formula is C21H16Cl2N4O6. The van der Waals surface area contributed by atoms with E-state index in [2.05, 4.69) is 10.5 Å². The molecule has 0 radical (unpaired) electrons. The number of rotatable bonds is 9. The maximum atomic E-state index is 11.2. The molecule has 0 saturated heterocycles. The molecule has 33 heavy (non-hydrogen) atoms. The number of hydrazone groups is 1. The van der Waals surface area contributed by atoms with Gasteiger partial charge in [0.15, 0.2) is 11.5 Å². The van der Waals surface area contributed by atoms with Gasteiger partial charge in [0.25, 0.3) is 5.69 Å². The average Bonchev–Trinajstić information content (AvgIpc) is 2.79. The number of non-ortho nitro benzene ring substituents is 1. The fourth-order valence-electron chi connectivity index (χ4n) is 2.75. The van der Waals surface area contributed by atoms with Crippen molar-refractivity contribution in [3.05, 3.63) is 96.0 Å². The van der Waals surface area contributed by atoms with Crippen LogP contribution >= 0.6 is 23.2 Å². The van der Waals surface area contributed by atoms with E-state index in [1.807, 2.05) is 12.1 Å². The molecule has 1 N–H and O–H groups in total. The van der Waals surface area contributed by atoms with Crippen molar-refractivity contribution in [1.82, 2.24) is 0 Å². The maximum Gasteiger partial charge on any atom is 0.301 e. The number of benzene rings is 3. The Balaban J connectivity index is 1.76. The molecular weight excluding hydrogens is 475 g/mol. The molecule has 0 heterocycles. The second-order valence-electron chi connectivity index (χ2n) is 6.53. The number of nitro groups is 2. The summed E-state index contributed by atoms with van der Waals surface area (Å²) < 4.78 is 11.2. The van der Waals surface area contributed by atoms with E-state index in [9.17, 15) is 20.2 Å². The molecule has 3 aromatic rings. The lowest BCUT2D eigenvalue weighted by Gasteiger charge is -2.13. The number of methoxy groups -OCH3 is 1. The highest BCUT2D eigenvalue weighted by molar-refractivity contribution is 6.32. The first kappa shape index (κ1) is 23.8. The van der Waals surface area contributed by atoms with Crippen LogP contribution in [0.15, 0.2) is 59.7 Å². The van der Waals surface area contributed by atoms with Crippen molar-refractivity contribution in [3.8, 4) is 11.5 Å². The third-order valence-electron chi connectivity index (χ3n) is 4.34. The van der Waals surface area contributed by atoms with Gasteiger partial charge in [0.05, 0.1) is 34.3 Å². The van der Waals surface area contributed by atoms with E-state index in [0.29, 0.717) is 22.1 Å². The summed E-state index contributed by atoms with van der Waals surface area (Å²) in [6.07, 6.45) is 1.36. The Hall–Kier alpha value is -3.89. The highest BCUT2D eigenvalue weighted by atomic mass is 35.5. The van der Waals surface area contributed by atoms with Gasteiger partial charge in [-0.05, 0) is 41.5 Å². The largest absolute Gasteiger partial charge is 0.493 e. The summed E-state index contributed by atoms with van der Waals surface area (Å²) in [5, 5.41) is 26.9. The van der Waals surface area contributed by atoms with E-state index < -0.39 is 21.2 Å². The second-order valence-corrected chi connectivity index (χ2v) is 7.38. The monoisotopic (exact) mass is 490 g/mol. The lowest BCUT2D eigenvalue weighted by molar-refractivity contribution is -0.393. The van der Waals surface area contributed by atoms with Crippen LogP contribution in [-0.4, -0.2) is 23.2 Å². The summed E-state index contributed by atoms with van der Waals surface area (Å²) in [6, 6.07) is 13.5. The van der Waals surface area contributed by atoms with Gasteiger partial charge in [0.1, 0.15) is 12.3 Å². The molecule has 0 aliphatic carbocycles. The van der Waals surface area contributed by atoms with Gasteiger partial charge in [-0.1, -0.05) is 35.3 Å². The number of nitro benzene ring substituents is 2. The lowest BCUT2D eigenvalue weighted by Crippen LogP contribution is -2.00. The van der Waals surface area contributed by atoms with Crippen LogP contribution in [-0.2, 0) is 6.61 Å². The van der Waals surface area contributed by atoms with Gasteiger partial charge in [0, 0.05) is 11.1 Å². The second kappa shape index (κ2) is 10.6. The van der Waals surface area contributed by atoms with Crippen LogP contribution < -0.4 is 14.9 Å². The Bertz CT molecular complexity index is 1220. The van der Waals surface area contributed by atoms with Crippen molar-refractivity contribution in [2.75, 3.05) is 12.5 Å². The first-order chi connectivity index (χ1) is 15.8. The fourth-order valence-corrected chi connectivity index (χ4v) is 3.15. The third kappa shape index (κ3) is 6.09. The van der Waals surface area contributed by atoms with Crippen molar-refractivity contribution in [1.29, 1.82) is 0 Å². The summed E-state index contributed by atoms with van der Waals surface area (Å²) in [5.41, 5.74) is 3.02. The van der Waals surface area contributed by atoms with E-state index >= 15 is 0 Å². The van der Waals surface area contributed by atoms with Crippen molar-refractivity contribution in [3.63, 3.8) is 0 Å². The third-order valence-corrected chi connectivity index (χ3v) is 4.87. The number of nitrogens with one attached hydrogen (secondary N) is 1. The van der Waals surface area contributed by atoms with Gasteiger partial charge in [0.2, 0.25) is 0 Å². The molecule has 170 valence electrons. The Morgan fingerprint density at radius 1 is 1.03 bits per heavy atom. The SMILES string of the molecule is COc1cc(/C=N\Nc2ccc([N+](=O)[O-])cc2[N+](=O)[O-])cc(Cl)c1OCc1ccc(Cl)cc1. The average molecular weight is 491 g/mol. The van der Waals surface area contributed by atoms with Gasteiger partial charge in [-0.3, -0.25) is 25.7 Å². The smallest absolute Gasteiger partial charge is 0.301 e. The standard InChI is InChI=1S/C21H16Cl2N4O6/c1-32-20-9-14(8-17(23)21(20)33-12-13-2-4-15(22)5-3-13)11-24-25-18-7-6-16(26(28)29)10-19(18)27(30)31/h2-11,25H,12H2,1H3/b24-11-. The normalized spacial score (nSPS) is 10.8. The van der Waals surface area contributed by atoms with Crippen LogP contribution in [0.4, 0.5) is 17.1 Å². The molecule has 0 aliphatic heterocycles. The molecule has 0 spiro atoms. The van der Waals surface area contributed by atoms with E-state index in [1.165, 1.54) is 19.4 Å². The zero-order chi connectivity index (χ0) is 24.0. The number of hydrogen-bond acceptors (Lipinski definition) is 8. The summed E-state index contributed by atoms with van der Waals surface area (Å²) in [4.78, 5) is 20.6. The molecule has 0 atom stereocenters. The van der Waals surface area contributed by atoms with Crippen molar-refractivity contribution < 1.29 is 19.3 Å². The number of halogens is 2. The van der Waals surface area contributed by atoms with Crippen LogP contribution in [0.2, 0.25) is 10.0 Å². The summed E-state index contributed by atoms with van der Waals surface area (Å²) in [7, 11) is 1.46. The molecule has 12 heteroatoms. The maximum absolute atomic E-state index is 11.2. The van der Waals surface area contributed by atoms with Crippen LogP contribution in [0.1, 0.15) is 11.1 Å². The number of hydrogen-bond donors (Lipinski definition) is 1. The Kier molecular flexibility index (Phi) is 7.65. The van der Waals surface area contributed by atoms with Gasteiger partial charge in [-0.15, -0.1) is 0 Å². The van der Waals surface area contributed by atoms with Gasteiger partial charge >= 0.3 is 5.69 Å². The molecule has 0 unspecified atom stereocenters. The van der Waals surface area contributed by atoms with Crippen LogP contribution in [0, 0.1) is 20.2 Å². The van der Waals surface area contributed by atoms with Crippen LogP contribution in [0.25, 0.3) is 0 Å². The molecule has 3 aromatic carbocycles. The quantitative estimate of drug-likeness (QED) is 0.226. The highest BCUT2D eigenvalue weighted by Gasteiger charge is 2.19. The predicted molar refractivity (Wildman–Crippen MR) is 125 cm³/mol. The number of nitrogens with zero attached hydrogens (tertiary/aromatic N) is 3. The minimum atomic E-state index is -0.739. The van der Waals surface area contributed by atoms with E-state index in [1.54, 1.807) is 24.3 Å². The predicted octanol–water partition coefficient (Wildman–Crippen LogP) is 5.84. The molecule has 0 fully saturated rings. The number of ether oxygens (including phenoxy) is 2. The van der Waals surface area contributed by atoms with E-state index in [4.69, 9.17) is 32.7 Å². The first-order valence-corrected chi connectivity index (χ1v) is 10.0. The highest BCUT2D eigenvalue weighted by Crippen LogP contribution is 2.37. The summed E-state index contributed by atoms with van der Waals surface area (Å²) in [6.45, 7) is 0.242. The minimum absolute atomic E-state index is 0.0113. The van der Waals surface area contributed by atoms with Crippen molar-refractivity contribution in [2.45, 2.75) is 6.61 Å². The lowest BCUT2D eigenvalue weighted by atomic mass is 10.2. The first-order valence-electron chi connectivity index (χ1n) is 9.25. The Morgan fingerprint density at radius 2 is 1.76 bits per heavy atom. The molecule has 0 saturated carbocycles. The molecule has 10 nitrogen and oxygen atoms in total. The fraction of sp³-hybridized carbons (Fsp3) is 0.0952. The molecule has 0 aromatic heterocycles. The molecule has 0 bridgehead atoms. The van der Waals surface area contributed by atoms with Crippen molar-refractivity contribution >= 4 is 46.5 Å². The molecule has 0 aliphatic rings. The molecule has 3 rings (SSSR count). The zero-order valence-electron chi connectivity index (χ0n) is 17.0. The van der Waals surface area contributed by atoms with E-state index in [0.717, 1.165) is 17.7 Å². The zero-order valence-corrected chi connectivity index (χ0v) is 18.5. The van der Waals surface area contributed by atoms with Gasteiger partial charge < -0.3 is 9.47 Å². The van der Waals surface area contributed by atoms with Crippen LogP contribution in [0.5, 0.6) is 11.5 Å². The van der Waals surface area contributed by atoms with Crippen molar-refractivity contribution in [2.24, 2.45) is 5.10 Å². The summed E-state index contributed by atoms with van der Waals surface area (Å²) >= 11 is 12.2. The van der Waals surface area contributed by atoms with Gasteiger partial charge in [-0.2, -0.15) is 5.10 Å². The Labute approximate surface area is 197 Å². The van der Waals surface area contributed by atoms with Crippen LogP contribution in [0.3, 0.4) is 0 Å². The van der Waals surface area contributed by atoms with Gasteiger partial charge in [-0.25, -0.2) is 0 Å². The minimum Gasteiger partial charge on any atom is -0.493 e. The Morgan fingerprint density at radius 3 is 2.39 bits per heavy atom. The topological polar surface area (TPSA) is 129 Å². The van der Waals surface area contributed by atoms with E-state index in [-0.39, 0.29) is 17.3 Å².